The van der Waals surface area contributed by atoms with Crippen LogP contribution in [0.2, 0.25) is 0 Å². The topological polar surface area (TPSA) is 139 Å². The van der Waals surface area contributed by atoms with Gasteiger partial charge in [0.15, 0.2) is 0 Å². The molecule has 0 N–H and O–H groups in total. The highest BCUT2D eigenvalue weighted by Crippen LogP contribution is 2.20. The summed E-state index contributed by atoms with van der Waals surface area (Å²) in [5.74, 6) is -0.950. The summed E-state index contributed by atoms with van der Waals surface area (Å²) < 4.78 is 10.1. The normalized spacial score (nSPS) is 10.3. The van der Waals surface area contributed by atoms with Crippen molar-refractivity contribution < 1.29 is 28.9 Å². The molecule has 0 saturated heterocycles. The average Bonchev–Trinajstić information content (AvgIpc) is 2.76. The molecule has 0 aliphatic heterocycles. The van der Waals surface area contributed by atoms with Crippen LogP contribution in [0.25, 0.3) is 0 Å². The van der Waals surface area contributed by atoms with Gasteiger partial charge in [0.05, 0.1) is 21.0 Å². The van der Waals surface area contributed by atoms with E-state index in [0.717, 1.165) is 0 Å². The second-order valence-electron chi connectivity index (χ2n) is 6.65. The maximum atomic E-state index is 11.8. The number of benzene rings is 2. The Morgan fingerprint density at radius 2 is 1.06 bits per heavy atom. The van der Waals surface area contributed by atoms with Gasteiger partial charge in [-0.1, -0.05) is 30.7 Å². The lowest BCUT2D eigenvalue weighted by molar-refractivity contribution is -0.386. The molecule has 0 aliphatic rings. The van der Waals surface area contributed by atoms with E-state index in [-0.39, 0.29) is 37.4 Å². The van der Waals surface area contributed by atoms with Gasteiger partial charge in [0.1, 0.15) is 13.2 Å². The van der Waals surface area contributed by atoms with Crippen LogP contribution in [0.15, 0.2) is 48.5 Å². The number of esters is 2. The number of unbranched alkanes of at least 4 members (excludes halogenated alkanes) is 2. The highest BCUT2D eigenvalue weighted by atomic mass is 16.6. The van der Waals surface area contributed by atoms with Crippen molar-refractivity contribution in [1.29, 1.82) is 0 Å². The van der Waals surface area contributed by atoms with Crippen molar-refractivity contribution in [2.24, 2.45) is 0 Å². The molecule has 0 amide bonds. The van der Waals surface area contributed by atoms with E-state index in [4.69, 9.17) is 9.47 Å². The van der Waals surface area contributed by atoms with Gasteiger partial charge in [-0.15, -0.1) is 0 Å². The monoisotopic (exact) mass is 430 g/mol. The molecule has 0 bridgehead atoms. The van der Waals surface area contributed by atoms with Crippen LogP contribution in [0.1, 0.15) is 43.2 Å². The Balaban J connectivity index is 1.62. The summed E-state index contributed by atoms with van der Waals surface area (Å²) in [6.45, 7) is -0.345. The number of hydrogen-bond donors (Lipinski definition) is 0. The van der Waals surface area contributed by atoms with Crippen LogP contribution in [0.5, 0.6) is 0 Å². The molecule has 2 rings (SSSR count). The van der Waals surface area contributed by atoms with Gasteiger partial charge in [0.25, 0.3) is 11.4 Å². The second-order valence-corrected chi connectivity index (χ2v) is 6.65. The predicted molar refractivity (Wildman–Crippen MR) is 109 cm³/mol. The molecule has 2 aromatic carbocycles. The molecular formula is C21H22N2O8. The fourth-order valence-corrected chi connectivity index (χ4v) is 2.80. The van der Waals surface area contributed by atoms with E-state index in [1.54, 1.807) is 12.1 Å². The molecular weight excluding hydrogens is 408 g/mol. The smallest absolute Gasteiger partial charge is 0.306 e. The highest BCUT2D eigenvalue weighted by molar-refractivity contribution is 5.70. The molecule has 10 nitrogen and oxygen atoms in total. The molecule has 0 unspecified atom stereocenters. The van der Waals surface area contributed by atoms with Crippen molar-refractivity contribution in [2.75, 3.05) is 0 Å². The summed E-state index contributed by atoms with van der Waals surface area (Å²) in [6.07, 6.45) is 1.83. The van der Waals surface area contributed by atoms with Crippen molar-refractivity contribution in [3.8, 4) is 0 Å². The molecule has 0 atom stereocenters. The zero-order chi connectivity index (χ0) is 22.6. The Morgan fingerprint density at radius 1 is 0.677 bits per heavy atom. The Bertz CT molecular complexity index is 869. The highest BCUT2D eigenvalue weighted by Gasteiger charge is 2.15. The summed E-state index contributed by atoms with van der Waals surface area (Å²) in [6, 6.07) is 12.1. The van der Waals surface area contributed by atoms with Gasteiger partial charge in [-0.25, -0.2) is 0 Å². The number of rotatable bonds is 12. The Kier molecular flexibility index (Phi) is 9.09. The fourth-order valence-electron chi connectivity index (χ4n) is 2.80. The van der Waals surface area contributed by atoms with Crippen molar-refractivity contribution in [3.05, 3.63) is 79.9 Å². The van der Waals surface area contributed by atoms with Crippen LogP contribution in [0.4, 0.5) is 11.4 Å². The summed E-state index contributed by atoms with van der Waals surface area (Å²) in [7, 11) is 0. The minimum absolute atomic E-state index is 0.102. The molecule has 0 fully saturated rings. The SMILES string of the molecule is O=C(CCCCCC(=O)OCc1ccccc1[N+](=O)[O-])OCc1ccccc1[N+](=O)[O-]. The Labute approximate surface area is 178 Å². The van der Waals surface area contributed by atoms with E-state index in [2.05, 4.69) is 0 Å². The van der Waals surface area contributed by atoms with E-state index < -0.39 is 21.8 Å². The Hall–Kier alpha value is -3.82. The van der Waals surface area contributed by atoms with Crippen molar-refractivity contribution in [2.45, 2.75) is 45.3 Å². The number of nitrogens with zero attached hydrogens (tertiary/aromatic N) is 2. The number of nitro groups is 2. The molecule has 2 aromatic rings. The van der Waals surface area contributed by atoms with E-state index in [9.17, 15) is 29.8 Å². The number of ether oxygens (including phenoxy) is 2. The van der Waals surface area contributed by atoms with Gasteiger partial charge < -0.3 is 9.47 Å². The zero-order valence-electron chi connectivity index (χ0n) is 16.7. The summed E-state index contributed by atoms with van der Waals surface area (Å²) >= 11 is 0. The van der Waals surface area contributed by atoms with Crippen LogP contribution in [-0.4, -0.2) is 21.8 Å². The molecule has 164 valence electrons. The third-order valence-corrected chi connectivity index (χ3v) is 4.42. The van der Waals surface area contributed by atoms with Crippen molar-refractivity contribution in [1.82, 2.24) is 0 Å². The van der Waals surface area contributed by atoms with E-state index in [0.29, 0.717) is 30.4 Å². The fraction of sp³-hybridized carbons (Fsp3) is 0.333. The van der Waals surface area contributed by atoms with Gasteiger partial charge in [-0.3, -0.25) is 29.8 Å². The van der Waals surface area contributed by atoms with Gasteiger partial charge in [-0.2, -0.15) is 0 Å². The average molecular weight is 430 g/mol. The van der Waals surface area contributed by atoms with Crippen molar-refractivity contribution in [3.63, 3.8) is 0 Å². The second kappa shape index (κ2) is 12.0. The molecule has 0 saturated carbocycles. The van der Waals surface area contributed by atoms with Crippen LogP contribution in [-0.2, 0) is 32.3 Å². The molecule has 0 spiro atoms. The van der Waals surface area contributed by atoms with E-state index in [1.165, 1.54) is 36.4 Å². The number of carbonyl (C=O) groups is 2. The van der Waals surface area contributed by atoms with Crippen molar-refractivity contribution >= 4 is 23.3 Å². The summed E-state index contributed by atoms with van der Waals surface area (Å²) in [5.41, 5.74) is 0.439. The first-order valence-corrected chi connectivity index (χ1v) is 9.64. The standard InChI is InChI=1S/C21H22N2O8/c24-20(30-14-16-8-4-6-10-18(16)22(26)27)12-2-1-3-13-21(25)31-15-17-9-5-7-11-19(17)23(28)29/h4-11H,1-3,12-15H2. The largest absolute Gasteiger partial charge is 0.461 e. The van der Waals surface area contributed by atoms with Gasteiger partial charge in [0.2, 0.25) is 0 Å². The quantitative estimate of drug-likeness (QED) is 0.211. The molecule has 0 aliphatic carbocycles. The predicted octanol–water partition coefficient (Wildman–Crippen LogP) is 4.24. The molecule has 31 heavy (non-hydrogen) atoms. The van der Waals surface area contributed by atoms with Gasteiger partial charge in [-0.05, 0) is 25.0 Å². The van der Waals surface area contributed by atoms with Crippen LogP contribution < -0.4 is 0 Å². The lowest BCUT2D eigenvalue weighted by Crippen LogP contribution is -2.07. The number of para-hydroxylation sites is 2. The minimum Gasteiger partial charge on any atom is -0.461 e. The first-order chi connectivity index (χ1) is 14.9. The maximum absolute atomic E-state index is 11.8. The first-order valence-electron chi connectivity index (χ1n) is 9.64. The third-order valence-electron chi connectivity index (χ3n) is 4.42. The minimum atomic E-state index is -0.530. The van der Waals surface area contributed by atoms with E-state index >= 15 is 0 Å². The molecule has 0 heterocycles. The lowest BCUT2D eigenvalue weighted by atomic mass is 10.1. The third kappa shape index (κ3) is 7.84. The summed E-state index contributed by atoms with van der Waals surface area (Å²) in [4.78, 5) is 44.4. The molecule has 10 heteroatoms. The van der Waals surface area contributed by atoms with Gasteiger partial charge in [0, 0.05) is 25.0 Å². The summed E-state index contributed by atoms with van der Waals surface area (Å²) in [5, 5.41) is 21.9. The maximum Gasteiger partial charge on any atom is 0.306 e. The van der Waals surface area contributed by atoms with E-state index in [1.807, 2.05) is 0 Å². The van der Waals surface area contributed by atoms with Gasteiger partial charge >= 0.3 is 11.9 Å². The molecule has 0 aromatic heterocycles. The van der Waals surface area contributed by atoms with Crippen LogP contribution in [0, 0.1) is 20.2 Å². The molecule has 0 radical (unpaired) electrons. The van der Waals surface area contributed by atoms with Crippen LogP contribution in [0.3, 0.4) is 0 Å². The number of hydrogen-bond acceptors (Lipinski definition) is 8. The number of carbonyl (C=O) groups excluding carboxylic acids is 2. The number of nitro benzene ring substituents is 2. The first kappa shape index (κ1) is 23.5. The zero-order valence-corrected chi connectivity index (χ0v) is 16.7. The van der Waals surface area contributed by atoms with Crippen LogP contribution >= 0.6 is 0 Å². The lowest BCUT2D eigenvalue weighted by Gasteiger charge is -2.06. The Morgan fingerprint density at radius 3 is 1.45 bits per heavy atom.